The molecule has 0 saturated carbocycles. The molecule has 1 aliphatic rings. The summed E-state index contributed by atoms with van der Waals surface area (Å²) in [6.45, 7) is 0. The molecule has 12 heteroatoms. The van der Waals surface area contributed by atoms with Crippen molar-refractivity contribution in [1.29, 1.82) is 0 Å². The van der Waals surface area contributed by atoms with Crippen molar-refractivity contribution in [3.8, 4) is 0 Å². The molecule has 5 nitrogen and oxygen atoms in total. The Morgan fingerprint density at radius 2 is 1.66 bits per heavy atom. The molecule has 0 spiro atoms. The van der Waals surface area contributed by atoms with E-state index in [0.29, 0.717) is 21.3 Å². The summed E-state index contributed by atoms with van der Waals surface area (Å²) in [6.07, 6.45) is -4.93. The highest BCUT2D eigenvalue weighted by atomic mass is 35.5. The van der Waals surface area contributed by atoms with Crippen LogP contribution < -0.4 is 10.6 Å². The molecule has 0 aliphatic carbocycles. The van der Waals surface area contributed by atoms with Crippen LogP contribution in [-0.4, -0.2) is 21.9 Å². The van der Waals surface area contributed by atoms with Gasteiger partial charge in [-0.1, -0.05) is 52.5 Å². The first kappa shape index (κ1) is 23.0. The molecule has 1 aliphatic heterocycles. The van der Waals surface area contributed by atoms with Crippen LogP contribution in [0.5, 0.6) is 0 Å². The number of hydrogen-bond donors (Lipinski definition) is 2. The van der Waals surface area contributed by atoms with Gasteiger partial charge in [0.15, 0.2) is 11.7 Å². The average Bonchev–Trinajstić information content (AvgIpc) is 3.15. The molecule has 32 heavy (non-hydrogen) atoms. The van der Waals surface area contributed by atoms with E-state index in [9.17, 15) is 18.0 Å². The van der Waals surface area contributed by atoms with Gasteiger partial charge in [0, 0.05) is 18.2 Å². The zero-order chi connectivity index (χ0) is 23.2. The molecule has 3 aromatic rings. The monoisotopic (exact) mass is 522 g/mol. The van der Waals surface area contributed by atoms with Crippen molar-refractivity contribution >= 4 is 63.8 Å². The quantitative estimate of drug-likeness (QED) is 0.375. The predicted octanol–water partition coefficient (Wildman–Crippen LogP) is 7.41. The zero-order valence-electron chi connectivity index (χ0n) is 15.9. The normalized spacial score (nSPS) is 18.1. The lowest BCUT2D eigenvalue weighted by atomic mass is 9.97. The van der Waals surface area contributed by atoms with Crippen molar-refractivity contribution in [2.75, 3.05) is 10.6 Å². The van der Waals surface area contributed by atoms with Crippen LogP contribution in [0.1, 0.15) is 34.6 Å². The summed E-state index contributed by atoms with van der Waals surface area (Å²) in [5.74, 6) is -0.645. The van der Waals surface area contributed by atoms with E-state index in [0.717, 1.165) is 4.68 Å². The first-order valence-electron chi connectivity index (χ1n) is 9.17. The number of hydrogen-bond acceptors (Lipinski definition) is 3. The van der Waals surface area contributed by atoms with Crippen molar-refractivity contribution in [3.63, 3.8) is 0 Å². The van der Waals surface area contributed by atoms with Gasteiger partial charge < -0.3 is 10.6 Å². The van der Waals surface area contributed by atoms with Gasteiger partial charge in [-0.3, -0.25) is 4.79 Å². The van der Waals surface area contributed by atoms with Crippen LogP contribution in [0, 0.1) is 0 Å². The molecule has 1 amide bonds. The van der Waals surface area contributed by atoms with E-state index >= 15 is 0 Å². The van der Waals surface area contributed by atoms with Crippen LogP contribution in [0.15, 0.2) is 42.5 Å². The second-order valence-electron chi connectivity index (χ2n) is 7.11. The smallest absolute Gasteiger partial charge is 0.363 e. The Kier molecular flexibility index (Phi) is 6.24. The van der Waals surface area contributed by atoms with E-state index in [1.54, 1.807) is 6.07 Å². The summed E-state index contributed by atoms with van der Waals surface area (Å²) in [5.41, 5.74) is 0.662. The van der Waals surface area contributed by atoms with Crippen molar-refractivity contribution in [2.24, 2.45) is 0 Å². The fourth-order valence-electron chi connectivity index (χ4n) is 3.40. The fourth-order valence-corrected chi connectivity index (χ4v) is 4.01. The number of rotatable bonds is 3. The summed E-state index contributed by atoms with van der Waals surface area (Å²) < 4.78 is 42.3. The number of amides is 1. The first-order chi connectivity index (χ1) is 15.0. The minimum absolute atomic E-state index is 0.0499. The van der Waals surface area contributed by atoms with E-state index in [2.05, 4.69) is 15.7 Å². The number of fused-ring (bicyclic) bond motifs is 1. The third kappa shape index (κ3) is 4.64. The molecule has 0 saturated heterocycles. The lowest BCUT2D eigenvalue weighted by molar-refractivity contribution is -0.173. The molecule has 2 atom stereocenters. The lowest BCUT2D eigenvalue weighted by Gasteiger charge is -2.33. The minimum Gasteiger partial charge on any atom is -0.363 e. The van der Waals surface area contributed by atoms with E-state index in [4.69, 9.17) is 46.4 Å². The lowest BCUT2D eigenvalue weighted by Crippen LogP contribution is -2.35. The maximum Gasteiger partial charge on any atom is 0.410 e. The molecule has 2 heterocycles. The predicted molar refractivity (Wildman–Crippen MR) is 119 cm³/mol. The number of carbonyl (C=O) groups excluding carboxylic acids is 1. The van der Waals surface area contributed by atoms with Crippen LogP contribution in [0.2, 0.25) is 20.1 Å². The standard InChI is InChI=1S/C20H13Cl4F3N4O/c21-11-3-1-9(5-13(11)23)15-7-17(20(25,26)27)31-18(29-15)8-16(30-31)19(32)28-10-2-4-12(22)14(24)6-10/h1-6,8,15,17,29H,7H2,(H,28,32)/t15-,17+/m1/s1. The topological polar surface area (TPSA) is 59.0 Å². The Hall–Kier alpha value is -2.13. The van der Waals surface area contributed by atoms with Gasteiger partial charge >= 0.3 is 6.18 Å². The zero-order valence-corrected chi connectivity index (χ0v) is 18.9. The summed E-state index contributed by atoms with van der Waals surface area (Å²) in [4.78, 5) is 12.6. The molecule has 0 fully saturated rings. The highest BCUT2D eigenvalue weighted by Crippen LogP contribution is 2.44. The van der Waals surface area contributed by atoms with Gasteiger partial charge in [0.2, 0.25) is 0 Å². The van der Waals surface area contributed by atoms with Crippen LogP contribution in [0.25, 0.3) is 0 Å². The van der Waals surface area contributed by atoms with E-state index in [1.165, 1.54) is 36.4 Å². The maximum absolute atomic E-state index is 13.8. The molecule has 2 N–H and O–H groups in total. The molecule has 4 rings (SSSR count). The van der Waals surface area contributed by atoms with Crippen LogP contribution in [0.3, 0.4) is 0 Å². The number of aromatic nitrogens is 2. The molecule has 0 bridgehead atoms. The molecule has 1 aromatic heterocycles. The maximum atomic E-state index is 13.8. The number of alkyl halides is 3. The Balaban J connectivity index is 1.64. The minimum atomic E-state index is -4.59. The van der Waals surface area contributed by atoms with Gasteiger partial charge in [-0.25, -0.2) is 4.68 Å². The van der Waals surface area contributed by atoms with Crippen molar-refractivity contribution < 1.29 is 18.0 Å². The molecule has 2 aromatic carbocycles. The molecule has 0 unspecified atom stereocenters. The van der Waals surface area contributed by atoms with Gasteiger partial charge in [-0.2, -0.15) is 18.3 Å². The highest BCUT2D eigenvalue weighted by Gasteiger charge is 2.46. The van der Waals surface area contributed by atoms with E-state index in [-0.39, 0.29) is 28.0 Å². The Morgan fingerprint density at radius 3 is 2.28 bits per heavy atom. The van der Waals surface area contributed by atoms with E-state index in [1.807, 2.05) is 0 Å². The second-order valence-corrected chi connectivity index (χ2v) is 8.73. The van der Waals surface area contributed by atoms with Gasteiger partial charge in [-0.05, 0) is 35.9 Å². The van der Waals surface area contributed by atoms with Crippen molar-refractivity contribution in [2.45, 2.75) is 24.7 Å². The van der Waals surface area contributed by atoms with Crippen LogP contribution in [-0.2, 0) is 0 Å². The van der Waals surface area contributed by atoms with Crippen LogP contribution in [0.4, 0.5) is 24.7 Å². The summed E-state index contributed by atoms with van der Waals surface area (Å²) in [6, 6.07) is 7.66. The number of anilines is 2. The average molecular weight is 524 g/mol. The van der Waals surface area contributed by atoms with Gasteiger partial charge in [-0.15, -0.1) is 0 Å². The number of nitrogens with one attached hydrogen (secondary N) is 2. The third-order valence-corrected chi connectivity index (χ3v) is 6.42. The van der Waals surface area contributed by atoms with Gasteiger partial charge in [0.25, 0.3) is 5.91 Å². The van der Waals surface area contributed by atoms with Crippen molar-refractivity contribution in [3.05, 3.63) is 73.8 Å². The van der Waals surface area contributed by atoms with Gasteiger partial charge in [0.1, 0.15) is 5.82 Å². The third-order valence-electron chi connectivity index (χ3n) is 4.95. The number of benzene rings is 2. The first-order valence-corrected chi connectivity index (χ1v) is 10.7. The Morgan fingerprint density at radius 1 is 1.00 bits per heavy atom. The molecular formula is C20H13Cl4F3N4O. The van der Waals surface area contributed by atoms with Gasteiger partial charge in [0.05, 0.1) is 26.1 Å². The van der Waals surface area contributed by atoms with Crippen LogP contribution >= 0.6 is 46.4 Å². The summed E-state index contributed by atoms with van der Waals surface area (Å²) in [7, 11) is 0. The van der Waals surface area contributed by atoms with Crippen molar-refractivity contribution in [1.82, 2.24) is 9.78 Å². The fraction of sp³-hybridized carbons (Fsp3) is 0.200. The molecule has 0 radical (unpaired) electrons. The Bertz CT molecular complexity index is 1200. The second kappa shape index (κ2) is 8.67. The number of halogens is 7. The number of nitrogens with zero attached hydrogens (tertiary/aromatic N) is 2. The summed E-state index contributed by atoms with van der Waals surface area (Å²) in [5, 5.41) is 10.5. The van der Waals surface area contributed by atoms with E-state index < -0.39 is 24.2 Å². The summed E-state index contributed by atoms with van der Waals surface area (Å²) >= 11 is 23.7. The molecule has 168 valence electrons. The SMILES string of the molecule is O=C(Nc1ccc(Cl)c(Cl)c1)c1cc2n(n1)[C@H](C(F)(F)F)C[C@H](c1ccc(Cl)c(Cl)c1)N2. The Labute approximate surface area is 200 Å². The highest BCUT2D eigenvalue weighted by molar-refractivity contribution is 6.42. The largest absolute Gasteiger partial charge is 0.410 e. The molecular weight excluding hydrogens is 511 g/mol. The number of carbonyl (C=O) groups is 1.